The van der Waals surface area contributed by atoms with Crippen LogP contribution in [-0.2, 0) is 128 Å². The lowest BCUT2D eigenvalue weighted by atomic mass is 9.96. The van der Waals surface area contributed by atoms with E-state index >= 15 is 0 Å². The molecule has 2 fully saturated rings. The second-order valence-corrected chi connectivity index (χ2v) is 37.5. The van der Waals surface area contributed by atoms with Gasteiger partial charge in [-0.2, -0.15) is 0 Å². The molecule has 4 aliphatic heterocycles. The molecule has 4 unspecified atom stereocenters. The largest absolute Gasteiger partial charge is 0.509 e. The van der Waals surface area contributed by atoms with Crippen molar-refractivity contribution in [2.24, 2.45) is 0 Å². The van der Waals surface area contributed by atoms with E-state index in [2.05, 4.69) is 56.7 Å². The number of benzene rings is 8. The maximum Gasteiger partial charge on any atom is 0.509 e. The highest BCUT2D eigenvalue weighted by atomic mass is 31.2. The second-order valence-electron chi connectivity index (χ2n) is 29.5. The summed E-state index contributed by atoms with van der Waals surface area (Å²) in [5.74, 6) is -0.487. The molecule has 4 heterocycles. The van der Waals surface area contributed by atoms with Gasteiger partial charge in [0, 0.05) is 11.8 Å². The quantitative estimate of drug-likeness (QED) is 0.0149. The van der Waals surface area contributed by atoms with Crippen LogP contribution in [0.15, 0.2) is 232 Å². The van der Waals surface area contributed by atoms with Crippen molar-refractivity contribution in [1.29, 1.82) is 0 Å². The number of ether oxygens (including phenoxy) is 10. The van der Waals surface area contributed by atoms with Gasteiger partial charge in [0.05, 0.1) is 52.9 Å². The Morgan fingerprint density at radius 3 is 1.17 bits per heavy atom. The molecule has 29 heteroatoms. The third-order valence-corrected chi connectivity index (χ3v) is 28.1. The van der Waals surface area contributed by atoms with Crippen molar-refractivity contribution >= 4 is 48.5 Å². The van der Waals surface area contributed by atoms with E-state index in [9.17, 15) is 33.4 Å². The summed E-state index contributed by atoms with van der Waals surface area (Å²) in [5.41, 5.74) is 13.1. The number of phosphoric acid groups is 2. The number of phosphoric ester groups is 2. The van der Waals surface area contributed by atoms with E-state index in [1.165, 1.54) is 12.2 Å². The maximum atomic E-state index is 14.6. The molecule has 3 N–H and O–H groups in total. The Labute approximate surface area is 668 Å². The second kappa shape index (κ2) is 38.1. The summed E-state index contributed by atoms with van der Waals surface area (Å²) in [5, 5.41) is 16.5. The van der Waals surface area contributed by atoms with E-state index in [-0.39, 0.29) is 96.2 Å². The Kier molecular flexibility index (Phi) is 27.6. The normalized spacial score (nSPS) is 22.5. The van der Waals surface area contributed by atoms with Gasteiger partial charge in [-0.15, -0.1) is 0 Å². The summed E-state index contributed by atoms with van der Waals surface area (Å²) in [6.07, 6.45) is -12.7. The van der Waals surface area contributed by atoms with Gasteiger partial charge in [-0.3, -0.25) is 27.1 Å². The number of aliphatic hydroxyl groups is 1. The number of amides is 2. The number of hydrogen-bond acceptors (Lipinski definition) is 24. The fourth-order valence-electron chi connectivity index (χ4n) is 14.1. The number of carbonyl (C=O) groups excluding carboxylic acids is 4. The summed E-state index contributed by atoms with van der Waals surface area (Å²) >= 11 is 0. The molecule has 2 aliphatic carbocycles. The molecule has 0 bridgehead atoms. The van der Waals surface area contributed by atoms with E-state index in [0.29, 0.717) is 0 Å². The molecule has 8 aromatic rings. The van der Waals surface area contributed by atoms with Crippen LogP contribution in [-0.4, -0.2) is 139 Å². The van der Waals surface area contributed by atoms with E-state index in [1.54, 1.807) is 0 Å². The minimum atomic E-state index is -4.43. The van der Waals surface area contributed by atoms with Crippen molar-refractivity contribution in [2.45, 2.75) is 152 Å². The highest BCUT2D eigenvalue weighted by molar-refractivity contribution is 7.48. The highest BCUT2D eigenvalue weighted by Gasteiger charge is 2.57. The zero-order chi connectivity index (χ0) is 80.7. The molecule has 0 radical (unpaired) electrons. The fraction of sp³-hybridized carbons (Fsp3) is 0.349. The van der Waals surface area contributed by atoms with E-state index < -0.39 is 110 Å². The van der Waals surface area contributed by atoms with Gasteiger partial charge in [-0.1, -0.05) is 252 Å². The first-order chi connectivity index (χ1) is 55.6. The number of alkyl carbamates (subject to hydrolysis) is 2. The average Bonchev–Trinajstić information content (AvgIpc) is 1.76. The van der Waals surface area contributed by atoms with Crippen molar-refractivity contribution in [3.8, 4) is 22.3 Å². The Balaban J connectivity index is 0.000000202. The third-order valence-electron chi connectivity index (χ3n) is 20.9. The van der Waals surface area contributed by atoms with Gasteiger partial charge in [0.2, 0.25) is 0 Å². The zero-order valence-corrected chi connectivity index (χ0v) is 67.1. The van der Waals surface area contributed by atoms with Crippen LogP contribution in [0.2, 0.25) is 18.1 Å². The van der Waals surface area contributed by atoms with Crippen molar-refractivity contribution in [2.75, 3.05) is 39.6 Å². The minimum absolute atomic E-state index is 0.00140. The van der Waals surface area contributed by atoms with Crippen LogP contribution >= 0.6 is 15.6 Å². The van der Waals surface area contributed by atoms with Gasteiger partial charge in [-0.05, 0) is 96.0 Å². The van der Waals surface area contributed by atoms with Crippen molar-refractivity contribution in [3.05, 3.63) is 287 Å². The van der Waals surface area contributed by atoms with Crippen LogP contribution in [0, 0.1) is 0 Å². The van der Waals surface area contributed by atoms with Crippen LogP contribution in [0.3, 0.4) is 0 Å². The van der Waals surface area contributed by atoms with Gasteiger partial charge >= 0.3 is 40.1 Å². The third kappa shape index (κ3) is 20.7. The molecule has 2 amide bonds. The van der Waals surface area contributed by atoms with Crippen LogP contribution in [0.5, 0.6) is 0 Å². The van der Waals surface area contributed by atoms with Crippen molar-refractivity contribution < 1.29 is 112 Å². The van der Waals surface area contributed by atoms with Gasteiger partial charge in [0.25, 0.3) is 0 Å². The topological polar surface area (TPSA) is 304 Å². The SMILES string of the molecule is C=CCOC(=O)O[C@@H]1C(NC(=O)OCC2c3ccccc3-c3ccccc32)[C@H](O)OC(COCc2ccccc2)[C@H]1OP1(=O)OCc2ccccc2CO1.C=CCOC(=O)O[C@@H]1C(NC(=O)OCC2c3ccccc3-c3ccccc32)[C@H](O[Si](C)(C)C(C)(C)C)OC(COCc2ccccc2)[C@H]1OP1(=O)OCc2ccccc2CO1. The average molecular weight is 1630 g/mol. The molecule has 0 saturated carbocycles. The van der Waals surface area contributed by atoms with Gasteiger partial charge < -0.3 is 67.5 Å². The van der Waals surface area contributed by atoms with Crippen LogP contribution in [0.1, 0.15) is 88.2 Å². The molecule has 8 aromatic carbocycles. The van der Waals surface area contributed by atoms with Gasteiger partial charge in [0.1, 0.15) is 62.9 Å². The highest BCUT2D eigenvalue weighted by Crippen LogP contribution is 2.57. The molecule has 115 heavy (non-hydrogen) atoms. The first-order valence-corrected chi connectivity index (χ1v) is 43.7. The number of carbonyl (C=O) groups is 4. The molecule has 14 rings (SSSR count). The number of rotatable bonds is 26. The molecule has 0 aromatic heterocycles. The van der Waals surface area contributed by atoms with Crippen LogP contribution in [0.4, 0.5) is 19.2 Å². The lowest BCUT2D eigenvalue weighted by Crippen LogP contribution is -2.68. The number of nitrogens with one attached hydrogen (secondary N) is 2. The molecular formula is C86H94N2O24P2Si. The van der Waals surface area contributed by atoms with Crippen LogP contribution < -0.4 is 10.6 Å². The summed E-state index contributed by atoms with van der Waals surface area (Å²) in [6.45, 7) is 16.6. The minimum Gasteiger partial charge on any atom is -0.449 e. The Hall–Kier alpha value is -9.48. The maximum absolute atomic E-state index is 14.6. The molecule has 10 atom stereocenters. The Morgan fingerprint density at radius 2 is 0.800 bits per heavy atom. The molecular weight excluding hydrogens is 1530 g/mol. The first-order valence-electron chi connectivity index (χ1n) is 37.9. The molecule has 0 spiro atoms. The van der Waals surface area contributed by atoms with Crippen molar-refractivity contribution in [1.82, 2.24) is 10.6 Å². The molecule has 26 nitrogen and oxygen atoms in total. The predicted octanol–water partition coefficient (Wildman–Crippen LogP) is 16.6. The van der Waals surface area contributed by atoms with E-state index in [1.807, 2.05) is 207 Å². The lowest BCUT2D eigenvalue weighted by molar-refractivity contribution is -0.255. The molecule has 6 aliphatic rings. The van der Waals surface area contributed by atoms with Gasteiger partial charge in [-0.25, -0.2) is 28.3 Å². The van der Waals surface area contributed by atoms with Crippen molar-refractivity contribution in [3.63, 3.8) is 0 Å². The first kappa shape index (κ1) is 83.5. The number of aliphatic hydroxyl groups excluding tert-OH is 1. The smallest absolute Gasteiger partial charge is 0.449 e. The van der Waals surface area contributed by atoms with E-state index in [0.717, 1.165) is 77.9 Å². The Bertz CT molecular complexity index is 4650. The summed E-state index contributed by atoms with van der Waals surface area (Å²) in [4.78, 5) is 54.2. The molecule has 2 saturated heterocycles. The molecule has 606 valence electrons. The van der Waals surface area contributed by atoms with Crippen LogP contribution in [0.25, 0.3) is 22.3 Å². The zero-order valence-electron chi connectivity index (χ0n) is 64.3. The Morgan fingerprint density at radius 1 is 0.461 bits per heavy atom. The lowest BCUT2D eigenvalue weighted by Gasteiger charge is -2.48. The summed E-state index contributed by atoms with van der Waals surface area (Å²) < 4.78 is 130. The number of hydrogen-bond donors (Lipinski definition) is 3. The predicted molar refractivity (Wildman–Crippen MR) is 424 cm³/mol. The van der Waals surface area contributed by atoms with Gasteiger partial charge in [0.15, 0.2) is 33.1 Å². The standard InChI is InChI=1S/C46H54NO12PSi.C40H40NO12P/c1-7-25-52-45(49)57-42-40(47-44(48)53-29-38-36-23-15-13-21-34(36)35-22-14-16-24-37(35)38)43(59-61(5,6)46(2,3)4)56-39(30-51-26-31-17-9-8-10-18-31)41(42)58-60(50)54-27-32-19-11-12-20-33(32)28-55-60;1-2-20-47-40(44)52-37-35(41-39(43)48-24-33-31-18-10-8-16-29(31)30-17-9-11-19-32(30)33)38(42)51-34(25-46-21-26-12-4-3-5-13-26)36(37)53-54(45)49-22-27-14-6-7-15-28(27)23-50-54/h7-24,38-43H,1,25-30H2,2-6H3,(H,47,48);2-19,33-38,42H,1,20-25H2,(H,41,43)/t39?,40?,41-,42-,43+;34?,35?,36-,37-,38-/m11/s1. The van der Waals surface area contributed by atoms with E-state index in [4.69, 9.17) is 78.9 Å². The summed E-state index contributed by atoms with van der Waals surface area (Å²) in [6, 6.07) is 62.4. The monoisotopic (exact) mass is 1630 g/mol. The summed E-state index contributed by atoms with van der Waals surface area (Å²) in [7, 11) is -11.6. The fourth-order valence-corrected chi connectivity index (χ4v) is 17.9. The number of fused-ring (bicyclic) bond motifs is 8.